The molecule has 0 radical (unpaired) electrons. The van der Waals surface area contributed by atoms with Crippen LogP contribution in [0.4, 0.5) is 0 Å². The number of rotatable bonds is 6. The summed E-state index contributed by atoms with van der Waals surface area (Å²) in [6.45, 7) is 0.00138. The van der Waals surface area contributed by atoms with Crippen molar-refractivity contribution in [1.29, 1.82) is 0 Å². The fourth-order valence-electron chi connectivity index (χ4n) is 1.98. The van der Waals surface area contributed by atoms with Crippen LogP contribution >= 0.6 is 0 Å². The number of carbonyl (C=O) groups is 1. The number of imidazole rings is 1. The number of hydrogen-bond donors (Lipinski definition) is 2. The molecule has 0 bridgehead atoms. The summed E-state index contributed by atoms with van der Waals surface area (Å²) in [5, 5.41) is 9.44. The molecule has 1 atom stereocenters. The lowest BCUT2D eigenvalue weighted by Gasteiger charge is -2.15. The van der Waals surface area contributed by atoms with Crippen LogP contribution in [-0.4, -0.2) is 27.2 Å². The number of benzene rings is 1. The molecular formula is C14H17N3O2. The maximum Gasteiger partial charge on any atom is 0.268 e. The SMILES string of the molecule is NC(=O)c1cn([C@H](CO)CCc2ccccc2)cn1. The van der Waals surface area contributed by atoms with Crippen molar-refractivity contribution < 1.29 is 9.90 Å². The fraction of sp³-hybridized carbons (Fsp3) is 0.286. The summed E-state index contributed by atoms with van der Waals surface area (Å²) in [5.74, 6) is -0.557. The summed E-state index contributed by atoms with van der Waals surface area (Å²) in [6.07, 6.45) is 4.74. The first kappa shape index (κ1) is 13.3. The molecular weight excluding hydrogens is 242 g/mol. The summed E-state index contributed by atoms with van der Waals surface area (Å²) in [4.78, 5) is 14.9. The zero-order valence-electron chi connectivity index (χ0n) is 10.6. The molecule has 1 amide bonds. The smallest absolute Gasteiger partial charge is 0.268 e. The van der Waals surface area contributed by atoms with Crippen molar-refractivity contribution in [2.75, 3.05) is 6.61 Å². The Morgan fingerprint density at radius 1 is 1.37 bits per heavy atom. The second-order valence-corrected chi connectivity index (χ2v) is 4.43. The van der Waals surface area contributed by atoms with Gasteiger partial charge < -0.3 is 15.4 Å². The van der Waals surface area contributed by atoms with Crippen LogP contribution in [0.15, 0.2) is 42.9 Å². The van der Waals surface area contributed by atoms with Crippen molar-refractivity contribution >= 4 is 5.91 Å². The monoisotopic (exact) mass is 259 g/mol. The van der Waals surface area contributed by atoms with Gasteiger partial charge in [0.25, 0.3) is 5.91 Å². The predicted molar refractivity (Wildman–Crippen MR) is 71.6 cm³/mol. The molecule has 0 aliphatic heterocycles. The van der Waals surface area contributed by atoms with E-state index in [1.54, 1.807) is 10.8 Å². The number of aliphatic hydroxyl groups is 1. The quantitative estimate of drug-likeness (QED) is 0.816. The maximum absolute atomic E-state index is 11.0. The normalized spacial score (nSPS) is 12.3. The molecule has 0 fully saturated rings. The highest BCUT2D eigenvalue weighted by Gasteiger charge is 2.12. The van der Waals surface area contributed by atoms with Crippen molar-refractivity contribution in [1.82, 2.24) is 9.55 Å². The molecule has 5 nitrogen and oxygen atoms in total. The number of nitrogens with two attached hydrogens (primary N) is 1. The number of aromatic nitrogens is 2. The van der Waals surface area contributed by atoms with Gasteiger partial charge in [0.05, 0.1) is 19.0 Å². The number of hydrogen-bond acceptors (Lipinski definition) is 3. The van der Waals surface area contributed by atoms with E-state index in [1.807, 2.05) is 18.2 Å². The van der Waals surface area contributed by atoms with E-state index < -0.39 is 5.91 Å². The Balaban J connectivity index is 2.01. The summed E-state index contributed by atoms with van der Waals surface area (Å²) < 4.78 is 1.74. The number of amides is 1. The lowest BCUT2D eigenvalue weighted by Crippen LogP contribution is -2.14. The van der Waals surface area contributed by atoms with Gasteiger partial charge in [0.2, 0.25) is 0 Å². The summed E-state index contributed by atoms with van der Waals surface area (Å²) in [7, 11) is 0. The Hall–Kier alpha value is -2.14. The van der Waals surface area contributed by atoms with E-state index in [2.05, 4.69) is 17.1 Å². The van der Waals surface area contributed by atoms with Gasteiger partial charge >= 0.3 is 0 Å². The van der Waals surface area contributed by atoms with Crippen LogP contribution in [0.2, 0.25) is 0 Å². The maximum atomic E-state index is 11.0. The van der Waals surface area contributed by atoms with E-state index in [9.17, 15) is 9.90 Å². The van der Waals surface area contributed by atoms with Crippen LogP contribution < -0.4 is 5.73 Å². The van der Waals surface area contributed by atoms with Crippen molar-refractivity contribution in [3.05, 3.63) is 54.1 Å². The van der Waals surface area contributed by atoms with Gasteiger partial charge in [-0.3, -0.25) is 4.79 Å². The number of primary amides is 1. The van der Waals surface area contributed by atoms with Crippen molar-refractivity contribution in [2.45, 2.75) is 18.9 Å². The Morgan fingerprint density at radius 3 is 2.68 bits per heavy atom. The standard InChI is InChI=1S/C14H17N3O2/c15-14(19)13-8-17(10-16-13)12(9-18)7-6-11-4-2-1-3-5-11/h1-5,8,10,12,18H,6-7,9H2,(H2,15,19)/t12-/m0/s1. The van der Waals surface area contributed by atoms with E-state index in [-0.39, 0.29) is 18.3 Å². The lowest BCUT2D eigenvalue weighted by molar-refractivity contribution is 0.0995. The van der Waals surface area contributed by atoms with Gasteiger partial charge in [-0.05, 0) is 18.4 Å². The Morgan fingerprint density at radius 2 is 2.11 bits per heavy atom. The van der Waals surface area contributed by atoms with Gasteiger partial charge in [0.15, 0.2) is 0 Å². The molecule has 1 aromatic heterocycles. The second kappa shape index (κ2) is 6.15. The molecule has 3 N–H and O–H groups in total. The van der Waals surface area contributed by atoms with Crippen molar-refractivity contribution in [3.8, 4) is 0 Å². The molecule has 0 spiro atoms. The van der Waals surface area contributed by atoms with Gasteiger partial charge in [-0.2, -0.15) is 0 Å². The summed E-state index contributed by atoms with van der Waals surface area (Å²) in [6, 6.07) is 9.97. The molecule has 5 heteroatoms. The third-order valence-electron chi connectivity index (χ3n) is 3.10. The molecule has 0 unspecified atom stereocenters. The number of aryl methyl sites for hydroxylation is 1. The van der Waals surface area contributed by atoms with Crippen molar-refractivity contribution in [3.63, 3.8) is 0 Å². The van der Waals surface area contributed by atoms with Crippen LogP contribution in [-0.2, 0) is 6.42 Å². The average Bonchev–Trinajstić information content (AvgIpc) is 2.90. The van der Waals surface area contributed by atoms with E-state index in [0.29, 0.717) is 0 Å². The minimum Gasteiger partial charge on any atom is -0.394 e. The lowest BCUT2D eigenvalue weighted by atomic mass is 10.1. The summed E-state index contributed by atoms with van der Waals surface area (Å²) in [5.41, 5.74) is 6.60. The molecule has 100 valence electrons. The molecule has 2 rings (SSSR count). The zero-order valence-corrected chi connectivity index (χ0v) is 10.6. The van der Waals surface area contributed by atoms with E-state index in [0.717, 1.165) is 12.8 Å². The van der Waals surface area contributed by atoms with Crippen LogP contribution in [0.25, 0.3) is 0 Å². The molecule has 1 heterocycles. The third-order valence-corrected chi connectivity index (χ3v) is 3.10. The van der Waals surface area contributed by atoms with Crippen molar-refractivity contribution in [2.24, 2.45) is 5.73 Å². The fourth-order valence-corrected chi connectivity index (χ4v) is 1.98. The van der Waals surface area contributed by atoms with E-state index in [1.165, 1.54) is 11.9 Å². The molecule has 0 aliphatic carbocycles. The van der Waals surface area contributed by atoms with Gasteiger partial charge in [0.1, 0.15) is 5.69 Å². The number of nitrogens with zero attached hydrogens (tertiary/aromatic N) is 2. The van der Waals surface area contributed by atoms with Crippen LogP contribution in [0.1, 0.15) is 28.5 Å². The highest BCUT2D eigenvalue weighted by Crippen LogP contribution is 2.15. The van der Waals surface area contributed by atoms with Crippen LogP contribution in [0.5, 0.6) is 0 Å². The summed E-state index contributed by atoms with van der Waals surface area (Å²) >= 11 is 0. The van der Waals surface area contributed by atoms with E-state index in [4.69, 9.17) is 5.73 Å². The molecule has 0 saturated carbocycles. The number of aliphatic hydroxyl groups excluding tert-OH is 1. The first-order valence-corrected chi connectivity index (χ1v) is 6.18. The second-order valence-electron chi connectivity index (χ2n) is 4.43. The highest BCUT2D eigenvalue weighted by molar-refractivity contribution is 5.90. The average molecular weight is 259 g/mol. The molecule has 19 heavy (non-hydrogen) atoms. The minimum absolute atomic E-state index is 0.00138. The highest BCUT2D eigenvalue weighted by atomic mass is 16.3. The first-order chi connectivity index (χ1) is 9.20. The van der Waals surface area contributed by atoms with Gasteiger partial charge in [0, 0.05) is 6.20 Å². The Bertz CT molecular complexity index is 537. The molecule has 0 aliphatic rings. The molecule has 0 saturated heterocycles. The van der Waals surface area contributed by atoms with Crippen LogP contribution in [0, 0.1) is 0 Å². The molecule has 1 aromatic carbocycles. The van der Waals surface area contributed by atoms with E-state index >= 15 is 0 Å². The minimum atomic E-state index is -0.557. The zero-order chi connectivity index (χ0) is 13.7. The third kappa shape index (κ3) is 3.42. The first-order valence-electron chi connectivity index (χ1n) is 6.18. The Labute approximate surface area is 111 Å². The number of carbonyl (C=O) groups excluding carboxylic acids is 1. The Kier molecular flexibility index (Phi) is 4.30. The molecule has 2 aromatic rings. The van der Waals surface area contributed by atoms with Gasteiger partial charge in [-0.1, -0.05) is 30.3 Å². The predicted octanol–water partition coefficient (Wildman–Crippen LogP) is 1.15. The van der Waals surface area contributed by atoms with Gasteiger partial charge in [-0.25, -0.2) is 4.98 Å². The topological polar surface area (TPSA) is 81.1 Å². The van der Waals surface area contributed by atoms with Gasteiger partial charge in [-0.15, -0.1) is 0 Å². The largest absolute Gasteiger partial charge is 0.394 e. The van der Waals surface area contributed by atoms with Crippen LogP contribution in [0.3, 0.4) is 0 Å².